The van der Waals surface area contributed by atoms with Crippen molar-refractivity contribution in [2.45, 2.75) is 12.8 Å². The van der Waals surface area contributed by atoms with E-state index in [1.165, 1.54) is 0 Å². The standard InChI is InChI=1S/C6H7N2O/c1-5(3-9)6-2-7-4-8-6/h2,4-5H,1H3,(H,7,8). The first kappa shape index (κ1) is 6.01. The first-order valence-corrected chi connectivity index (χ1v) is 2.71. The van der Waals surface area contributed by atoms with Crippen LogP contribution >= 0.6 is 0 Å². The minimum atomic E-state index is -0.212. The Hall–Kier alpha value is -1.12. The second kappa shape index (κ2) is 2.44. The normalized spacial score (nSPS) is 13.0. The van der Waals surface area contributed by atoms with Crippen LogP contribution < -0.4 is 0 Å². The number of hydrogen-bond acceptors (Lipinski definition) is 2. The summed E-state index contributed by atoms with van der Waals surface area (Å²) in [6, 6.07) is 0. The highest BCUT2D eigenvalue weighted by atomic mass is 16.1. The second-order valence-electron chi connectivity index (χ2n) is 1.83. The fourth-order valence-electron chi connectivity index (χ4n) is 0.569. The lowest BCUT2D eigenvalue weighted by molar-refractivity contribution is 0.545. The summed E-state index contributed by atoms with van der Waals surface area (Å²) in [5.74, 6) is -0.212. The van der Waals surface area contributed by atoms with E-state index in [4.69, 9.17) is 0 Å². The van der Waals surface area contributed by atoms with Gasteiger partial charge in [0.2, 0.25) is 6.29 Å². The highest BCUT2D eigenvalue weighted by Gasteiger charge is 2.04. The van der Waals surface area contributed by atoms with Gasteiger partial charge in [-0.25, -0.2) is 4.98 Å². The van der Waals surface area contributed by atoms with Crippen LogP contribution in [0.4, 0.5) is 0 Å². The van der Waals surface area contributed by atoms with Crippen LogP contribution in [-0.2, 0) is 4.79 Å². The monoisotopic (exact) mass is 123 g/mol. The Kier molecular flexibility index (Phi) is 1.63. The predicted octanol–water partition coefficient (Wildman–Crippen LogP) is 0.623. The first-order chi connectivity index (χ1) is 4.34. The number of H-pyrrole nitrogens is 1. The van der Waals surface area contributed by atoms with E-state index < -0.39 is 0 Å². The van der Waals surface area contributed by atoms with Crippen LogP contribution in [-0.4, -0.2) is 16.3 Å². The number of nitrogens with zero attached hydrogens (tertiary/aromatic N) is 1. The zero-order valence-electron chi connectivity index (χ0n) is 5.09. The molecule has 3 heteroatoms. The van der Waals surface area contributed by atoms with E-state index in [1.807, 2.05) is 6.29 Å². The fraction of sp³-hybridized carbons (Fsp3) is 0.333. The molecule has 1 aromatic rings. The average molecular weight is 123 g/mol. The molecule has 0 aromatic carbocycles. The van der Waals surface area contributed by atoms with Gasteiger partial charge < -0.3 is 4.98 Å². The van der Waals surface area contributed by atoms with Crippen molar-refractivity contribution in [1.29, 1.82) is 0 Å². The third-order valence-corrected chi connectivity index (χ3v) is 1.14. The van der Waals surface area contributed by atoms with Crippen molar-refractivity contribution in [2.24, 2.45) is 0 Å². The quantitative estimate of drug-likeness (QED) is 0.626. The van der Waals surface area contributed by atoms with Crippen molar-refractivity contribution in [3.05, 3.63) is 18.2 Å². The van der Waals surface area contributed by atoms with E-state index in [0.717, 1.165) is 5.69 Å². The van der Waals surface area contributed by atoms with E-state index in [1.54, 1.807) is 19.4 Å². The van der Waals surface area contributed by atoms with Crippen LogP contribution in [0.3, 0.4) is 0 Å². The summed E-state index contributed by atoms with van der Waals surface area (Å²) in [6.07, 6.45) is 5.07. The lowest BCUT2D eigenvalue weighted by atomic mass is 10.1. The van der Waals surface area contributed by atoms with Crippen LogP contribution in [0, 0.1) is 0 Å². The highest BCUT2D eigenvalue weighted by molar-refractivity contribution is 5.60. The maximum atomic E-state index is 10.0. The highest BCUT2D eigenvalue weighted by Crippen LogP contribution is 2.05. The van der Waals surface area contributed by atoms with Crippen LogP contribution in [0.1, 0.15) is 18.5 Å². The molecule has 1 heterocycles. The summed E-state index contributed by atoms with van der Waals surface area (Å²) in [4.78, 5) is 16.6. The molecule has 1 N–H and O–H groups in total. The van der Waals surface area contributed by atoms with Gasteiger partial charge in [0.05, 0.1) is 17.9 Å². The van der Waals surface area contributed by atoms with Crippen LogP contribution in [0.25, 0.3) is 0 Å². The molecule has 1 atom stereocenters. The molecule has 0 spiro atoms. The minimum absolute atomic E-state index is 0.212. The molecule has 0 fully saturated rings. The zero-order chi connectivity index (χ0) is 6.69. The van der Waals surface area contributed by atoms with Crippen molar-refractivity contribution >= 4 is 6.29 Å². The lowest BCUT2D eigenvalue weighted by Gasteiger charge is -1.91. The number of rotatable bonds is 2. The van der Waals surface area contributed by atoms with Crippen molar-refractivity contribution in [3.63, 3.8) is 0 Å². The van der Waals surface area contributed by atoms with Crippen LogP contribution in [0.5, 0.6) is 0 Å². The smallest absolute Gasteiger partial charge is 0.207 e. The SMILES string of the molecule is CC([C]=O)c1c[nH]cn1. The van der Waals surface area contributed by atoms with Crippen LogP contribution in [0.15, 0.2) is 12.5 Å². The van der Waals surface area contributed by atoms with Crippen molar-refractivity contribution in [2.75, 3.05) is 0 Å². The van der Waals surface area contributed by atoms with E-state index in [9.17, 15) is 4.79 Å². The summed E-state index contributed by atoms with van der Waals surface area (Å²) in [6.45, 7) is 1.75. The molecule has 1 unspecified atom stereocenters. The Morgan fingerprint density at radius 2 is 2.67 bits per heavy atom. The topological polar surface area (TPSA) is 45.8 Å². The van der Waals surface area contributed by atoms with Gasteiger partial charge in [0.25, 0.3) is 0 Å². The number of hydrogen-bond donors (Lipinski definition) is 1. The van der Waals surface area contributed by atoms with Crippen molar-refractivity contribution < 1.29 is 4.79 Å². The largest absolute Gasteiger partial charge is 0.351 e. The fourth-order valence-corrected chi connectivity index (χ4v) is 0.569. The van der Waals surface area contributed by atoms with Gasteiger partial charge in [-0.15, -0.1) is 0 Å². The molecule has 9 heavy (non-hydrogen) atoms. The van der Waals surface area contributed by atoms with E-state index in [2.05, 4.69) is 9.97 Å². The molecule has 0 saturated carbocycles. The summed E-state index contributed by atoms with van der Waals surface area (Å²) < 4.78 is 0. The Morgan fingerprint density at radius 1 is 1.89 bits per heavy atom. The summed E-state index contributed by atoms with van der Waals surface area (Å²) in [5.41, 5.74) is 0.741. The molecule has 1 radical (unpaired) electrons. The molecule has 0 aliphatic carbocycles. The molecule has 0 aliphatic rings. The van der Waals surface area contributed by atoms with E-state index >= 15 is 0 Å². The summed E-state index contributed by atoms with van der Waals surface area (Å²) >= 11 is 0. The average Bonchev–Trinajstić information content (AvgIpc) is 2.37. The molecule has 47 valence electrons. The Morgan fingerprint density at radius 3 is 3.11 bits per heavy atom. The number of aromatic nitrogens is 2. The zero-order valence-corrected chi connectivity index (χ0v) is 5.09. The molecule has 0 bridgehead atoms. The number of carbonyl (C=O) groups excluding carboxylic acids is 1. The van der Waals surface area contributed by atoms with Gasteiger partial charge in [-0.3, -0.25) is 4.79 Å². The van der Waals surface area contributed by atoms with Gasteiger partial charge in [0, 0.05) is 6.20 Å². The third-order valence-electron chi connectivity index (χ3n) is 1.14. The second-order valence-corrected chi connectivity index (χ2v) is 1.83. The summed E-state index contributed by atoms with van der Waals surface area (Å²) in [5, 5.41) is 0. The third kappa shape index (κ3) is 1.16. The molecule has 3 nitrogen and oxygen atoms in total. The van der Waals surface area contributed by atoms with Gasteiger partial charge >= 0.3 is 0 Å². The Labute approximate surface area is 53.1 Å². The molecule has 0 aliphatic heterocycles. The molecule has 1 rings (SSSR count). The molecule has 1 aromatic heterocycles. The van der Waals surface area contributed by atoms with Crippen molar-refractivity contribution in [1.82, 2.24) is 9.97 Å². The lowest BCUT2D eigenvalue weighted by Crippen LogP contribution is -1.92. The van der Waals surface area contributed by atoms with Gasteiger partial charge in [-0.2, -0.15) is 0 Å². The van der Waals surface area contributed by atoms with Gasteiger partial charge in [-0.05, 0) is 6.92 Å². The predicted molar refractivity (Wildman–Crippen MR) is 32.7 cm³/mol. The van der Waals surface area contributed by atoms with E-state index in [0.29, 0.717) is 0 Å². The van der Waals surface area contributed by atoms with E-state index in [-0.39, 0.29) is 5.92 Å². The van der Waals surface area contributed by atoms with Crippen molar-refractivity contribution in [3.8, 4) is 0 Å². The Bertz CT molecular complexity index is 181. The number of imidazole rings is 1. The minimum Gasteiger partial charge on any atom is -0.351 e. The molecule has 0 amide bonds. The Balaban J connectivity index is 2.76. The molecular weight excluding hydrogens is 116 g/mol. The number of aromatic amines is 1. The van der Waals surface area contributed by atoms with Gasteiger partial charge in [0.1, 0.15) is 0 Å². The molecular formula is C6H7N2O. The van der Waals surface area contributed by atoms with Gasteiger partial charge in [0.15, 0.2) is 0 Å². The maximum Gasteiger partial charge on any atom is 0.207 e. The van der Waals surface area contributed by atoms with Gasteiger partial charge in [-0.1, -0.05) is 0 Å². The summed E-state index contributed by atoms with van der Waals surface area (Å²) in [7, 11) is 0. The maximum absolute atomic E-state index is 10.0. The number of nitrogens with one attached hydrogen (secondary N) is 1. The molecule has 0 saturated heterocycles. The first-order valence-electron chi connectivity index (χ1n) is 2.71. The van der Waals surface area contributed by atoms with Crippen LogP contribution in [0.2, 0.25) is 0 Å².